The number of rotatable bonds is 7. The number of aromatic amines is 1. The summed E-state index contributed by atoms with van der Waals surface area (Å²) in [5.74, 6) is 1.74. The number of hydrogen-bond donors (Lipinski definition) is 1. The SMILES string of the molecule is CC.CC.CC(C)CC(C)CC(C)(C)C.CCCc1cc(-c2cnc3[nH]ncc3c2)ccc1-c1ccc(C)nn1. The summed E-state index contributed by atoms with van der Waals surface area (Å²) in [6, 6.07) is 12.7. The van der Waals surface area contributed by atoms with E-state index in [-0.39, 0.29) is 0 Å². The molecule has 0 aliphatic carbocycles. The molecule has 1 atom stereocenters. The van der Waals surface area contributed by atoms with Crippen molar-refractivity contribution >= 4 is 11.0 Å². The van der Waals surface area contributed by atoms with Crippen LogP contribution in [0.5, 0.6) is 0 Å². The Hall–Kier alpha value is -3.08. The van der Waals surface area contributed by atoms with Crippen LogP contribution in [0.4, 0.5) is 0 Å². The zero-order valence-corrected chi connectivity index (χ0v) is 27.4. The van der Waals surface area contributed by atoms with E-state index in [2.05, 4.69) is 98.1 Å². The maximum absolute atomic E-state index is 4.44. The predicted molar refractivity (Wildman–Crippen MR) is 174 cm³/mol. The van der Waals surface area contributed by atoms with Gasteiger partial charge in [-0.3, -0.25) is 5.10 Å². The number of H-pyrrole nitrogens is 1. The monoisotopic (exact) mass is 545 g/mol. The molecule has 0 radical (unpaired) electrons. The average molecular weight is 546 g/mol. The quantitative estimate of drug-likeness (QED) is 0.251. The summed E-state index contributed by atoms with van der Waals surface area (Å²) >= 11 is 0. The van der Waals surface area contributed by atoms with Crippen LogP contribution in [0.2, 0.25) is 0 Å². The van der Waals surface area contributed by atoms with Crippen molar-refractivity contribution in [3.05, 3.63) is 60.0 Å². The van der Waals surface area contributed by atoms with Gasteiger partial charge in [0.05, 0.1) is 17.6 Å². The van der Waals surface area contributed by atoms with Gasteiger partial charge >= 0.3 is 0 Å². The molecule has 5 heteroatoms. The fraction of sp³-hybridized carbons (Fsp3) is 0.543. The van der Waals surface area contributed by atoms with Crippen molar-refractivity contribution in [3.63, 3.8) is 0 Å². The first-order valence-electron chi connectivity index (χ1n) is 15.3. The lowest BCUT2D eigenvalue weighted by molar-refractivity contribution is 0.278. The molecule has 5 nitrogen and oxygen atoms in total. The molecule has 220 valence electrons. The summed E-state index contributed by atoms with van der Waals surface area (Å²) in [6.07, 6.45) is 8.49. The lowest BCUT2D eigenvalue weighted by Gasteiger charge is -2.24. The fourth-order valence-electron chi connectivity index (χ4n) is 4.97. The van der Waals surface area contributed by atoms with Crippen LogP contribution >= 0.6 is 0 Å². The van der Waals surface area contributed by atoms with Crippen molar-refractivity contribution in [3.8, 4) is 22.4 Å². The maximum atomic E-state index is 4.44. The predicted octanol–water partition coefficient (Wildman–Crippen LogP) is 10.5. The third kappa shape index (κ3) is 11.6. The maximum Gasteiger partial charge on any atom is 0.155 e. The summed E-state index contributed by atoms with van der Waals surface area (Å²) < 4.78 is 0. The third-order valence-electron chi connectivity index (χ3n) is 6.16. The zero-order valence-electron chi connectivity index (χ0n) is 27.4. The first-order valence-corrected chi connectivity index (χ1v) is 15.3. The second kappa shape index (κ2) is 17.6. The smallest absolute Gasteiger partial charge is 0.155 e. The van der Waals surface area contributed by atoms with Crippen LogP contribution < -0.4 is 0 Å². The molecule has 0 bridgehead atoms. The number of aryl methyl sites for hydroxylation is 2. The largest absolute Gasteiger partial charge is 0.261 e. The van der Waals surface area contributed by atoms with Gasteiger partial charge in [-0.1, -0.05) is 101 Å². The molecule has 4 rings (SSSR count). The van der Waals surface area contributed by atoms with E-state index in [0.717, 1.165) is 63.8 Å². The number of aromatic nitrogens is 5. The van der Waals surface area contributed by atoms with E-state index in [1.807, 2.05) is 52.9 Å². The standard InChI is InChI=1S/C20H19N5.C11H24.2C2H6/c1-3-4-15-9-14(16-10-17-12-22-25-20(17)21-11-16)6-7-18(15)19-8-5-13(2)23-24-19;1-9(2)7-10(3)8-11(4,5)6;2*1-2/h5-12H,3-4H2,1-2H3,(H,21,22,25);9-10H,7-8H2,1-6H3;2*1-2H3. The molecule has 3 aromatic heterocycles. The van der Waals surface area contributed by atoms with Crippen molar-refractivity contribution in [2.45, 2.75) is 109 Å². The minimum atomic E-state index is 0.508. The Morgan fingerprint density at radius 3 is 2.12 bits per heavy atom. The second-order valence-electron chi connectivity index (χ2n) is 11.7. The molecule has 0 amide bonds. The second-order valence-corrected chi connectivity index (χ2v) is 11.7. The van der Waals surface area contributed by atoms with E-state index >= 15 is 0 Å². The Morgan fingerprint density at radius 1 is 0.850 bits per heavy atom. The highest BCUT2D eigenvalue weighted by Crippen LogP contribution is 2.30. The Morgan fingerprint density at radius 2 is 1.55 bits per heavy atom. The molecule has 1 unspecified atom stereocenters. The number of nitrogens with zero attached hydrogens (tertiary/aromatic N) is 4. The van der Waals surface area contributed by atoms with Gasteiger partial charge in [-0.25, -0.2) is 4.98 Å². The first kappa shape index (κ1) is 34.9. The molecule has 0 aliphatic heterocycles. The van der Waals surface area contributed by atoms with E-state index in [0.29, 0.717) is 5.41 Å². The Bertz CT molecular complexity index is 1230. The normalized spacial score (nSPS) is 11.5. The Balaban J connectivity index is 0.000000453. The van der Waals surface area contributed by atoms with Crippen LogP contribution in [0.1, 0.15) is 107 Å². The molecule has 0 spiro atoms. The Kier molecular flexibility index (Phi) is 15.4. The van der Waals surface area contributed by atoms with E-state index in [1.54, 1.807) is 6.20 Å². The van der Waals surface area contributed by atoms with Crippen LogP contribution in [0.15, 0.2) is 48.8 Å². The van der Waals surface area contributed by atoms with Gasteiger partial charge in [0.25, 0.3) is 0 Å². The topological polar surface area (TPSA) is 67.3 Å². The highest BCUT2D eigenvalue weighted by Gasteiger charge is 2.15. The van der Waals surface area contributed by atoms with Crippen molar-refractivity contribution in [1.82, 2.24) is 25.4 Å². The molecular weight excluding hydrogens is 490 g/mol. The molecule has 1 N–H and O–H groups in total. The number of hydrogen-bond acceptors (Lipinski definition) is 4. The minimum Gasteiger partial charge on any atom is -0.261 e. The fourth-order valence-corrected chi connectivity index (χ4v) is 4.97. The summed E-state index contributed by atoms with van der Waals surface area (Å²) in [5.41, 5.74) is 7.84. The lowest BCUT2D eigenvalue weighted by atomic mass is 9.82. The van der Waals surface area contributed by atoms with Gasteiger partial charge < -0.3 is 0 Å². The molecule has 0 fully saturated rings. The number of nitrogens with one attached hydrogen (secondary N) is 1. The van der Waals surface area contributed by atoms with Gasteiger partial charge in [0.2, 0.25) is 0 Å². The summed E-state index contributed by atoms with van der Waals surface area (Å²) in [5, 5.41) is 16.5. The van der Waals surface area contributed by atoms with E-state index < -0.39 is 0 Å². The van der Waals surface area contributed by atoms with Crippen LogP contribution in [-0.4, -0.2) is 25.4 Å². The summed E-state index contributed by atoms with van der Waals surface area (Å²) in [7, 11) is 0. The molecule has 3 heterocycles. The molecular formula is C35H55N5. The number of benzene rings is 1. The molecule has 0 saturated heterocycles. The van der Waals surface area contributed by atoms with E-state index in [9.17, 15) is 0 Å². The van der Waals surface area contributed by atoms with Crippen molar-refractivity contribution < 1.29 is 0 Å². The van der Waals surface area contributed by atoms with Gasteiger partial charge in [-0.05, 0) is 72.8 Å². The van der Waals surface area contributed by atoms with Crippen LogP contribution in [0.3, 0.4) is 0 Å². The molecule has 4 aromatic rings. The van der Waals surface area contributed by atoms with Gasteiger partial charge in [0.1, 0.15) is 0 Å². The lowest BCUT2D eigenvalue weighted by Crippen LogP contribution is -2.12. The van der Waals surface area contributed by atoms with Crippen LogP contribution in [0, 0.1) is 24.2 Å². The van der Waals surface area contributed by atoms with Gasteiger partial charge in [0, 0.05) is 22.7 Å². The number of pyridine rings is 1. The highest BCUT2D eigenvalue weighted by atomic mass is 15.1. The van der Waals surface area contributed by atoms with Gasteiger partial charge in [0.15, 0.2) is 5.65 Å². The third-order valence-corrected chi connectivity index (χ3v) is 6.16. The minimum absolute atomic E-state index is 0.508. The van der Waals surface area contributed by atoms with Crippen LogP contribution in [-0.2, 0) is 6.42 Å². The van der Waals surface area contributed by atoms with E-state index in [4.69, 9.17) is 0 Å². The Labute approximate surface area is 244 Å². The first-order chi connectivity index (χ1) is 19.1. The molecule has 40 heavy (non-hydrogen) atoms. The van der Waals surface area contributed by atoms with Gasteiger partial charge in [-0.2, -0.15) is 15.3 Å². The van der Waals surface area contributed by atoms with Crippen molar-refractivity contribution in [2.24, 2.45) is 17.3 Å². The average Bonchev–Trinajstić information content (AvgIpc) is 3.39. The molecule has 1 aromatic carbocycles. The van der Waals surface area contributed by atoms with Crippen molar-refractivity contribution in [2.75, 3.05) is 0 Å². The summed E-state index contributed by atoms with van der Waals surface area (Å²) in [6.45, 7) is 26.1. The highest BCUT2D eigenvalue weighted by molar-refractivity contribution is 5.81. The molecule has 0 aliphatic rings. The zero-order chi connectivity index (χ0) is 30.3. The molecule has 0 saturated carbocycles. The summed E-state index contributed by atoms with van der Waals surface area (Å²) in [4.78, 5) is 4.44. The van der Waals surface area contributed by atoms with Gasteiger partial charge in [-0.15, -0.1) is 0 Å². The number of fused-ring (bicyclic) bond motifs is 1. The van der Waals surface area contributed by atoms with Crippen molar-refractivity contribution in [1.29, 1.82) is 0 Å². The van der Waals surface area contributed by atoms with Crippen LogP contribution in [0.25, 0.3) is 33.4 Å². The van der Waals surface area contributed by atoms with E-state index in [1.165, 1.54) is 18.4 Å².